The van der Waals surface area contributed by atoms with E-state index in [9.17, 15) is 0 Å². The Morgan fingerprint density at radius 1 is 1.62 bits per heavy atom. The maximum absolute atomic E-state index is 4.07. The van der Waals surface area contributed by atoms with E-state index in [2.05, 4.69) is 26.5 Å². The van der Waals surface area contributed by atoms with Gasteiger partial charge in [0.15, 0.2) is 0 Å². The van der Waals surface area contributed by atoms with Crippen LogP contribution in [0.2, 0.25) is 0 Å². The van der Waals surface area contributed by atoms with Crippen molar-refractivity contribution in [1.29, 1.82) is 0 Å². The zero-order valence-corrected chi connectivity index (χ0v) is 9.56. The van der Waals surface area contributed by atoms with E-state index in [1.165, 1.54) is 5.75 Å². The summed E-state index contributed by atoms with van der Waals surface area (Å²) in [6.07, 6.45) is 0. The molecule has 0 nitrogen and oxygen atoms in total. The molecule has 0 unspecified atom stereocenters. The minimum absolute atomic E-state index is 0. The third kappa shape index (κ3) is 10.6. The van der Waals surface area contributed by atoms with Crippen LogP contribution in [0.3, 0.4) is 0 Å². The molecule has 0 atom stereocenters. The summed E-state index contributed by atoms with van der Waals surface area (Å²) in [4.78, 5) is 0. The Labute approximate surface area is 85.4 Å². The second-order valence-electron chi connectivity index (χ2n) is 1.64. The van der Waals surface area contributed by atoms with Crippen LogP contribution in [0.25, 0.3) is 0 Å². The summed E-state index contributed by atoms with van der Waals surface area (Å²) in [5.41, 5.74) is 0. The standard InChI is InChI=1S/C5H12S2.Na.H/c1-5(2)7-4-3-6;;/h5-6H,3-4H2,1-2H3;;/q;+1;-1. The predicted molar refractivity (Wildman–Crippen MR) is 42.6 cm³/mol. The number of thiol groups is 1. The van der Waals surface area contributed by atoms with Crippen molar-refractivity contribution in [2.75, 3.05) is 11.5 Å². The Kier molecular flexibility index (Phi) is 13.5. The van der Waals surface area contributed by atoms with Crippen LogP contribution in [-0.2, 0) is 0 Å². The summed E-state index contributed by atoms with van der Waals surface area (Å²) in [7, 11) is 0. The largest absolute Gasteiger partial charge is 1.00 e. The van der Waals surface area contributed by atoms with Crippen LogP contribution in [0.4, 0.5) is 0 Å². The summed E-state index contributed by atoms with van der Waals surface area (Å²) in [5, 5.41) is 0.771. The molecule has 8 heavy (non-hydrogen) atoms. The maximum Gasteiger partial charge on any atom is 1.00 e. The molecule has 0 N–H and O–H groups in total. The Hall–Kier alpha value is 1.70. The Morgan fingerprint density at radius 2 is 2.12 bits per heavy atom. The van der Waals surface area contributed by atoms with Gasteiger partial charge in [-0.05, 0) is 11.0 Å². The van der Waals surface area contributed by atoms with Crippen LogP contribution in [0.5, 0.6) is 0 Å². The zero-order chi connectivity index (χ0) is 5.70. The van der Waals surface area contributed by atoms with E-state index in [4.69, 9.17) is 0 Å². The first kappa shape index (κ1) is 12.4. The normalized spacial score (nSPS) is 9.00. The molecule has 0 radical (unpaired) electrons. The molecular weight excluding hydrogens is 147 g/mol. The van der Waals surface area contributed by atoms with E-state index < -0.39 is 0 Å². The van der Waals surface area contributed by atoms with Crippen LogP contribution in [0.1, 0.15) is 15.3 Å². The fourth-order valence-electron chi connectivity index (χ4n) is 0.288. The van der Waals surface area contributed by atoms with Crippen LogP contribution >= 0.6 is 24.4 Å². The van der Waals surface area contributed by atoms with Gasteiger partial charge in [0, 0.05) is 5.75 Å². The van der Waals surface area contributed by atoms with Gasteiger partial charge in [0.25, 0.3) is 0 Å². The van der Waals surface area contributed by atoms with Gasteiger partial charge in [0.05, 0.1) is 0 Å². The molecule has 0 heterocycles. The van der Waals surface area contributed by atoms with E-state index in [-0.39, 0.29) is 31.0 Å². The summed E-state index contributed by atoms with van der Waals surface area (Å²) in [5.74, 6) is 2.18. The molecule has 0 saturated heterocycles. The van der Waals surface area contributed by atoms with Gasteiger partial charge in [-0.15, -0.1) is 0 Å². The molecule has 0 aliphatic carbocycles. The van der Waals surface area contributed by atoms with Gasteiger partial charge < -0.3 is 1.43 Å². The van der Waals surface area contributed by atoms with E-state index in [0.29, 0.717) is 0 Å². The van der Waals surface area contributed by atoms with Gasteiger partial charge in [-0.2, -0.15) is 24.4 Å². The molecule has 3 heteroatoms. The Balaban J connectivity index is -0.000000180. The molecule has 0 rings (SSSR count). The van der Waals surface area contributed by atoms with Gasteiger partial charge in [-0.3, -0.25) is 0 Å². The predicted octanol–water partition coefficient (Wildman–Crippen LogP) is -0.826. The second-order valence-corrected chi connectivity index (χ2v) is 3.77. The van der Waals surface area contributed by atoms with Crippen molar-refractivity contribution >= 4 is 24.4 Å². The molecule has 0 saturated carbocycles. The Bertz CT molecular complexity index is 43.9. The van der Waals surface area contributed by atoms with Crippen molar-refractivity contribution < 1.29 is 31.0 Å². The van der Waals surface area contributed by atoms with Crippen LogP contribution in [-0.4, -0.2) is 16.8 Å². The first-order chi connectivity index (χ1) is 3.27. The van der Waals surface area contributed by atoms with E-state index >= 15 is 0 Å². The second kappa shape index (κ2) is 8.70. The summed E-state index contributed by atoms with van der Waals surface area (Å²) >= 11 is 6.03. The maximum atomic E-state index is 4.07. The fourth-order valence-corrected chi connectivity index (χ4v) is 1.18. The molecule has 0 fully saturated rings. The smallest absolute Gasteiger partial charge is 1.00 e. The SMILES string of the molecule is CC(C)SCCS.[H-].[Na+]. The summed E-state index contributed by atoms with van der Waals surface area (Å²) in [6.45, 7) is 4.40. The minimum Gasteiger partial charge on any atom is -1.00 e. The van der Waals surface area contributed by atoms with Crippen molar-refractivity contribution in [2.45, 2.75) is 19.1 Å². The monoisotopic (exact) mass is 160 g/mol. The van der Waals surface area contributed by atoms with Crippen molar-refractivity contribution in [3.05, 3.63) is 0 Å². The third-order valence-corrected chi connectivity index (χ3v) is 2.18. The molecule has 0 bridgehead atoms. The van der Waals surface area contributed by atoms with E-state index in [1.807, 2.05) is 11.8 Å². The van der Waals surface area contributed by atoms with Gasteiger partial charge >= 0.3 is 29.6 Å². The average Bonchev–Trinajstić information content (AvgIpc) is 1.61. The molecule has 0 amide bonds. The van der Waals surface area contributed by atoms with E-state index in [0.717, 1.165) is 11.0 Å². The van der Waals surface area contributed by atoms with Gasteiger partial charge in [0.2, 0.25) is 0 Å². The van der Waals surface area contributed by atoms with Crippen molar-refractivity contribution in [1.82, 2.24) is 0 Å². The van der Waals surface area contributed by atoms with Crippen molar-refractivity contribution in [3.63, 3.8) is 0 Å². The summed E-state index contributed by atoms with van der Waals surface area (Å²) in [6, 6.07) is 0. The van der Waals surface area contributed by atoms with Gasteiger partial charge in [-0.25, -0.2) is 0 Å². The average molecular weight is 160 g/mol. The number of hydrogen-bond acceptors (Lipinski definition) is 2. The first-order valence-electron chi connectivity index (χ1n) is 2.50. The van der Waals surface area contributed by atoms with Crippen molar-refractivity contribution in [2.24, 2.45) is 0 Å². The third-order valence-electron chi connectivity index (χ3n) is 0.542. The first-order valence-corrected chi connectivity index (χ1v) is 4.18. The number of hydrogen-bond donors (Lipinski definition) is 1. The van der Waals surface area contributed by atoms with Gasteiger partial charge in [0.1, 0.15) is 0 Å². The molecule has 0 spiro atoms. The molecule has 0 aromatic rings. The quantitative estimate of drug-likeness (QED) is 0.415. The minimum atomic E-state index is 0. The molecule has 0 aromatic heterocycles. The number of thioether (sulfide) groups is 1. The molecule has 0 aliphatic rings. The fraction of sp³-hybridized carbons (Fsp3) is 1.00. The topological polar surface area (TPSA) is 0 Å². The molecule has 46 valence electrons. The van der Waals surface area contributed by atoms with Crippen LogP contribution < -0.4 is 29.6 Å². The molecular formula is C5H13NaS2. The van der Waals surface area contributed by atoms with E-state index in [1.54, 1.807) is 0 Å². The van der Waals surface area contributed by atoms with Gasteiger partial charge in [-0.1, -0.05) is 13.8 Å². The zero-order valence-electron chi connectivity index (χ0n) is 6.85. The van der Waals surface area contributed by atoms with Crippen molar-refractivity contribution in [3.8, 4) is 0 Å². The Morgan fingerprint density at radius 3 is 2.25 bits per heavy atom. The van der Waals surface area contributed by atoms with Crippen LogP contribution in [0.15, 0.2) is 0 Å². The summed E-state index contributed by atoms with van der Waals surface area (Å²) < 4.78 is 0. The van der Waals surface area contributed by atoms with Crippen LogP contribution in [0, 0.1) is 0 Å². The number of rotatable bonds is 3. The molecule has 0 aliphatic heterocycles. The molecule has 0 aromatic carbocycles.